The van der Waals surface area contributed by atoms with Crippen LogP contribution in [0, 0.1) is 0 Å². The largest absolute Gasteiger partial charge is 0.358 e. The number of hydrogen-bond acceptors (Lipinski definition) is 3. The summed E-state index contributed by atoms with van der Waals surface area (Å²) in [5.74, 6) is 0.111. The highest BCUT2D eigenvalue weighted by Gasteiger charge is 2.28. The highest BCUT2D eigenvalue weighted by molar-refractivity contribution is 6.31. The Bertz CT molecular complexity index is 530. The van der Waals surface area contributed by atoms with Gasteiger partial charge in [0.05, 0.1) is 0 Å². The Hall–Kier alpha value is -1.26. The molecule has 2 N–H and O–H groups in total. The number of nitrogens with zero attached hydrogens (tertiary/aromatic N) is 1. The smallest absolute Gasteiger partial charge is 0.242 e. The summed E-state index contributed by atoms with van der Waals surface area (Å²) < 4.78 is 0. The first-order chi connectivity index (χ1) is 10.2. The van der Waals surface area contributed by atoms with Gasteiger partial charge >= 0.3 is 0 Å². The SMILES string of the molecule is CCC1C(=O)NCCN1c1ccc(CNC2CC2)c(Cl)c1. The molecule has 21 heavy (non-hydrogen) atoms. The molecule has 3 rings (SSSR count). The van der Waals surface area contributed by atoms with Crippen molar-refractivity contribution in [3.63, 3.8) is 0 Å². The molecule has 114 valence electrons. The molecule has 1 amide bonds. The molecule has 1 aliphatic heterocycles. The molecule has 4 nitrogen and oxygen atoms in total. The van der Waals surface area contributed by atoms with Crippen molar-refractivity contribution in [1.82, 2.24) is 10.6 Å². The van der Waals surface area contributed by atoms with Crippen LogP contribution in [0.2, 0.25) is 5.02 Å². The number of hydrogen-bond donors (Lipinski definition) is 2. The molecule has 1 saturated carbocycles. The molecule has 1 heterocycles. The molecule has 5 heteroatoms. The summed E-state index contributed by atoms with van der Waals surface area (Å²) in [7, 11) is 0. The molecular formula is C16H22ClN3O. The molecule has 1 aromatic rings. The predicted octanol–water partition coefficient (Wildman–Crippen LogP) is 2.31. The Morgan fingerprint density at radius 1 is 1.43 bits per heavy atom. The van der Waals surface area contributed by atoms with E-state index in [9.17, 15) is 4.79 Å². The van der Waals surface area contributed by atoms with E-state index < -0.39 is 0 Å². The standard InChI is InChI=1S/C16H22ClN3O/c1-2-15-16(21)18-7-8-20(15)13-6-3-11(14(17)9-13)10-19-12-4-5-12/h3,6,9,12,15,19H,2,4-5,7-8,10H2,1H3,(H,18,21). The van der Waals surface area contributed by atoms with Crippen molar-refractivity contribution < 1.29 is 4.79 Å². The summed E-state index contributed by atoms with van der Waals surface area (Å²) in [6.07, 6.45) is 3.35. The predicted molar refractivity (Wildman–Crippen MR) is 85.7 cm³/mol. The van der Waals surface area contributed by atoms with E-state index in [4.69, 9.17) is 11.6 Å². The van der Waals surface area contributed by atoms with E-state index in [1.165, 1.54) is 12.8 Å². The van der Waals surface area contributed by atoms with E-state index in [2.05, 4.69) is 27.7 Å². The Labute approximate surface area is 130 Å². The van der Waals surface area contributed by atoms with Crippen LogP contribution >= 0.6 is 11.6 Å². The summed E-state index contributed by atoms with van der Waals surface area (Å²) in [4.78, 5) is 14.1. The quantitative estimate of drug-likeness (QED) is 0.877. The van der Waals surface area contributed by atoms with Gasteiger partial charge in [0.2, 0.25) is 5.91 Å². The zero-order valence-electron chi connectivity index (χ0n) is 12.4. The van der Waals surface area contributed by atoms with Crippen molar-refractivity contribution >= 4 is 23.2 Å². The average molecular weight is 308 g/mol. The van der Waals surface area contributed by atoms with Crippen molar-refractivity contribution in [3.05, 3.63) is 28.8 Å². The lowest BCUT2D eigenvalue weighted by Gasteiger charge is -2.36. The maximum Gasteiger partial charge on any atom is 0.242 e. The lowest BCUT2D eigenvalue weighted by molar-refractivity contribution is -0.123. The molecule has 2 fully saturated rings. The Morgan fingerprint density at radius 2 is 2.24 bits per heavy atom. The molecule has 0 spiro atoms. The number of amides is 1. The van der Waals surface area contributed by atoms with Crippen LogP contribution in [0.1, 0.15) is 31.7 Å². The number of benzene rings is 1. The first kappa shape index (κ1) is 14.7. The van der Waals surface area contributed by atoms with Crippen LogP contribution in [-0.2, 0) is 11.3 Å². The van der Waals surface area contributed by atoms with Gasteiger partial charge in [0.1, 0.15) is 6.04 Å². The highest BCUT2D eigenvalue weighted by atomic mass is 35.5. The van der Waals surface area contributed by atoms with Crippen LogP contribution in [0.5, 0.6) is 0 Å². The zero-order valence-corrected chi connectivity index (χ0v) is 13.1. The minimum atomic E-state index is -0.0924. The Kier molecular flexibility index (Phi) is 4.36. The lowest BCUT2D eigenvalue weighted by atomic mass is 10.1. The molecule has 2 aliphatic rings. The first-order valence-corrected chi connectivity index (χ1v) is 8.13. The topological polar surface area (TPSA) is 44.4 Å². The third-order valence-corrected chi connectivity index (χ3v) is 4.60. The molecule has 1 saturated heterocycles. The molecule has 0 radical (unpaired) electrons. The molecule has 1 aromatic carbocycles. The number of carbonyl (C=O) groups excluding carboxylic acids is 1. The van der Waals surface area contributed by atoms with E-state index in [1.54, 1.807) is 0 Å². The van der Waals surface area contributed by atoms with Gasteiger partial charge in [0.15, 0.2) is 0 Å². The van der Waals surface area contributed by atoms with Gasteiger partial charge in [0.25, 0.3) is 0 Å². The summed E-state index contributed by atoms with van der Waals surface area (Å²) in [6.45, 7) is 4.39. The van der Waals surface area contributed by atoms with Gasteiger partial charge in [0, 0.05) is 36.4 Å². The number of rotatable bonds is 5. The summed E-state index contributed by atoms with van der Waals surface area (Å²) >= 11 is 6.41. The Morgan fingerprint density at radius 3 is 2.90 bits per heavy atom. The normalized spacial score (nSPS) is 22.3. The second kappa shape index (κ2) is 6.24. The average Bonchev–Trinajstić information content (AvgIpc) is 3.30. The molecule has 1 atom stereocenters. The van der Waals surface area contributed by atoms with Crippen LogP contribution in [-0.4, -0.2) is 31.1 Å². The van der Waals surface area contributed by atoms with Crippen molar-refractivity contribution in [2.24, 2.45) is 0 Å². The van der Waals surface area contributed by atoms with Crippen molar-refractivity contribution in [2.45, 2.75) is 44.8 Å². The van der Waals surface area contributed by atoms with Crippen molar-refractivity contribution in [1.29, 1.82) is 0 Å². The van der Waals surface area contributed by atoms with Crippen LogP contribution in [0.4, 0.5) is 5.69 Å². The fourth-order valence-corrected chi connectivity index (χ4v) is 3.07. The van der Waals surface area contributed by atoms with Gasteiger partial charge in [-0.3, -0.25) is 4.79 Å². The minimum absolute atomic E-state index is 0.0924. The number of halogens is 1. The maximum absolute atomic E-state index is 11.9. The van der Waals surface area contributed by atoms with Gasteiger partial charge in [-0.05, 0) is 37.0 Å². The molecule has 0 aromatic heterocycles. The van der Waals surface area contributed by atoms with E-state index in [0.717, 1.165) is 35.8 Å². The fraction of sp³-hybridized carbons (Fsp3) is 0.562. The number of anilines is 1. The molecule has 1 aliphatic carbocycles. The molecule has 1 unspecified atom stereocenters. The van der Waals surface area contributed by atoms with Crippen LogP contribution < -0.4 is 15.5 Å². The zero-order chi connectivity index (χ0) is 14.8. The maximum atomic E-state index is 11.9. The van der Waals surface area contributed by atoms with Crippen LogP contribution in [0.3, 0.4) is 0 Å². The first-order valence-electron chi connectivity index (χ1n) is 7.75. The second-order valence-electron chi connectivity index (χ2n) is 5.84. The fourth-order valence-electron chi connectivity index (χ4n) is 2.83. The second-order valence-corrected chi connectivity index (χ2v) is 6.25. The molecular weight excluding hydrogens is 286 g/mol. The van der Waals surface area contributed by atoms with Crippen molar-refractivity contribution in [2.75, 3.05) is 18.0 Å². The van der Waals surface area contributed by atoms with Gasteiger partial charge in [-0.25, -0.2) is 0 Å². The molecule has 0 bridgehead atoms. The van der Waals surface area contributed by atoms with E-state index in [-0.39, 0.29) is 11.9 Å². The van der Waals surface area contributed by atoms with Gasteiger partial charge in [-0.1, -0.05) is 24.6 Å². The minimum Gasteiger partial charge on any atom is -0.358 e. The third kappa shape index (κ3) is 3.33. The number of nitrogens with one attached hydrogen (secondary N) is 2. The van der Waals surface area contributed by atoms with Crippen LogP contribution in [0.25, 0.3) is 0 Å². The number of piperazine rings is 1. The lowest BCUT2D eigenvalue weighted by Crippen LogP contribution is -2.55. The Balaban J connectivity index is 1.74. The third-order valence-electron chi connectivity index (χ3n) is 4.24. The van der Waals surface area contributed by atoms with Gasteiger partial charge in [-0.2, -0.15) is 0 Å². The van der Waals surface area contributed by atoms with Crippen LogP contribution in [0.15, 0.2) is 18.2 Å². The number of carbonyl (C=O) groups is 1. The van der Waals surface area contributed by atoms with Gasteiger partial charge < -0.3 is 15.5 Å². The van der Waals surface area contributed by atoms with E-state index >= 15 is 0 Å². The van der Waals surface area contributed by atoms with E-state index in [0.29, 0.717) is 12.6 Å². The summed E-state index contributed by atoms with van der Waals surface area (Å²) in [5, 5.41) is 7.18. The van der Waals surface area contributed by atoms with Crippen molar-refractivity contribution in [3.8, 4) is 0 Å². The summed E-state index contributed by atoms with van der Waals surface area (Å²) in [6, 6.07) is 6.73. The van der Waals surface area contributed by atoms with E-state index in [1.807, 2.05) is 13.0 Å². The highest BCUT2D eigenvalue weighted by Crippen LogP contribution is 2.27. The monoisotopic (exact) mass is 307 g/mol. The summed E-state index contributed by atoms with van der Waals surface area (Å²) in [5.41, 5.74) is 2.17. The van der Waals surface area contributed by atoms with Gasteiger partial charge in [-0.15, -0.1) is 0 Å².